The molecule has 0 aliphatic heterocycles. The quantitative estimate of drug-likeness (QED) is 0.833. The Morgan fingerprint density at radius 2 is 2.19 bits per heavy atom. The van der Waals surface area contributed by atoms with E-state index in [1.165, 1.54) is 12.8 Å². The first-order valence-corrected chi connectivity index (χ1v) is 6.39. The maximum absolute atomic E-state index is 12.1. The molecule has 2 rings (SSSR count). The van der Waals surface area contributed by atoms with Crippen LogP contribution < -0.4 is 0 Å². The van der Waals surface area contributed by atoms with E-state index in [4.69, 9.17) is 0 Å². The van der Waals surface area contributed by atoms with Crippen LogP contribution in [0.15, 0.2) is 22.7 Å². The van der Waals surface area contributed by atoms with Gasteiger partial charge in [-0.25, -0.2) is 0 Å². The van der Waals surface area contributed by atoms with E-state index < -0.39 is 0 Å². The lowest BCUT2D eigenvalue weighted by atomic mass is 10.1. The number of carbonyl (C=O) groups excluding carboxylic acids is 1. The highest BCUT2D eigenvalue weighted by molar-refractivity contribution is 9.10. The molecule has 0 N–H and O–H groups in total. The molecule has 0 spiro atoms. The van der Waals surface area contributed by atoms with Gasteiger partial charge in [0, 0.05) is 23.6 Å². The Hall–Kier alpha value is -0.830. The maximum atomic E-state index is 12.1. The minimum Gasteiger partial charge on any atom is -0.341 e. The van der Waals surface area contributed by atoms with Crippen molar-refractivity contribution in [3.05, 3.63) is 33.8 Å². The summed E-state index contributed by atoms with van der Waals surface area (Å²) in [5.41, 5.74) is 1.92. The highest BCUT2D eigenvalue weighted by atomic mass is 79.9. The third kappa shape index (κ3) is 2.64. The summed E-state index contributed by atoms with van der Waals surface area (Å²) in [6.07, 6.45) is 2.55. The molecule has 1 aliphatic carbocycles. The van der Waals surface area contributed by atoms with Gasteiger partial charge in [0.1, 0.15) is 0 Å². The number of amides is 1. The Kier molecular flexibility index (Phi) is 3.33. The molecule has 0 bridgehead atoms. The van der Waals surface area contributed by atoms with Gasteiger partial charge in [-0.2, -0.15) is 0 Å². The van der Waals surface area contributed by atoms with Gasteiger partial charge in [0.15, 0.2) is 0 Å². The van der Waals surface area contributed by atoms with Crippen molar-refractivity contribution in [2.45, 2.75) is 19.8 Å². The standard InChI is InChI=1S/C13H16BrNO/c1-9-3-6-11(7-12(9)14)13(16)15(2)8-10-4-5-10/h3,6-7,10H,4-5,8H2,1-2H3. The fourth-order valence-corrected chi connectivity index (χ4v) is 2.10. The summed E-state index contributed by atoms with van der Waals surface area (Å²) < 4.78 is 0.998. The summed E-state index contributed by atoms with van der Waals surface area (Å²) in [6.45, 7) is 2.91. The van der Waals surface area contributed by atoms with E-state index >= 15 is 0 Å². The van der Waals surface area contributed by atoms with Crippen LogP contribution in [0.4, 0.5) is 0 Å². The van der Waals surface area contributed by atoms with Gasteiger partial charge >= 0.3 is 0 Å². The Morgan fingerprint density at radius 1 is 1.50 bits per heavy atom. The molecule has 2 nitrogen and oxygen atoms in total. The minimum absolute atomic E-state index is 0.118. The lowest BCUT2D eigenvalue weighted by Crippen LogP contribution is -2.28. The molecule has 1 saturated carbocycles. The molecule has 0 radical (unpaired) electrons. The zero-order chi connectivity index (χ0) is 11.7. The smallest absolute Gasteiger partial charge is 0.253 e. The fraction of sp³-hybridized carbons (Fsp3) is 0.462. The van der Waals surface area contributed by atoms with Gasteiger partial charge in [-0.1, -0.05) is 22.0 Å². The van der Waals surface area contributed by atoms with E-state index in [2.05, 4.69) is 15.9 Å². The lowest BCUT2D eigenvalue weighted by Gasteiger charge is -2.17. The Labute approximate surface area is 105 Å². The molecule has 3 heteroatoms. The minimum atomic E-state index is 0.118. The van der Waals surface area contributed by atoms with Crippen LogP contribution in [0.25, 0.3) is 0 Å². The third-order valence-corrected chi connectivity index (χ3v) is 3.85. The highest BCUT2D eigenvalue weighted by Crippen LogP contribution is 2.29. The van der Waals surface area contributed by atoms with E-state index in [0.29, 0.717) is 0 Å². The molecular weight excluding hydrogens is 266 g/mol. The van der Waals surface area contributed by atoms with Crippen molar-refractivity contribution in [3.8, 4) is 0 Å². The van der Waals surface area contributed by atoms with Crippen LogP contribution in [-0.4, -0.2) is 24.4 Å². The zero-order valence-electron chi connectivity index (χ0n) is 9.66. The molecule has 0 atom stereocenters. The van der Waals surface area contributed by atoms with Crippen LogP contribution in [0.1, 0.15) is 28.8 Å². The summed E-state index contributed by atoms with van der Waals surface area (Å²) in [7, 11) is 1.88. The predicted octanol–water partition coefficient (Wildman–Crippen LogP) is 3.24. The van der Waals surface area contributed by atoms with Crippen LogP contribution in [0.5, 0.6) is 0 Å². The van der Waals surface area contributed by atoms with E-state index in [9.17, 15) is 4.79 Å². The van der Waals surface area contributed by atoms with Crippen LogP contribution in [0, 0.1) is 12.8 Å². The topological polar surface area (TPSA) is 20.3 Å². The average Bonchev–Trinajstić information content (AvgIpc) is 3.05. The number of carbonyl (C=O) groups is 1. The predicted molar refractivity (Wildman–Crippen MR) is 68.6 cm³/mol. The molecule has 1 aromatic carbocycles. The number of hydrogen-bond donors (Lipinski definition) is 0. The van der Waals surface area contributed by atoms with Crippen molar-refractivity contribution in [2.24, 2.45) is 5.92 Å². The summed E-state index contributed by atoms with van der Waals surface area (Å²) in [5.74, 6) is 0.857. The van der Waals surface area contributed by atoms with Crippen LogP contribution in [0.3, 0.4) is 0 Å². The molecule has 1 aliphatic rings. The van der Waals surface area contributed by atoms with Crippen molar-refractivity contribution < 1.29 is 4.79 Å². The first-order valence-electron chi connectivity index (χ1n) is 5.59. The molecule has 0 aromatic heterocycles. The third-order valence-electron chi connectivity index (χ3n) is 2.99. The largest absolute Gasteiger partial charge is 0.341 e. The summed E-state index contributed by atoms with van der Waals surface area (Å²) in [5, 5.41) is 0. The Balaban J connectivity index is 2.09. The SMILES string of the molecule is Cc1ccc(C(=O)N(C)CC2CC2)cc1Br. The van der Waals surface area contributed by atoms with E-state index in [1.54, 1.807) is 0 Å². The second-order valence-corrected chi connectivity index (χ2v) is 5.45. The van der Waals surface area contributed by atoms with Gasteiger partial charge in [0.25, 0.3) is 5.91 Å². The van der Waals surface area contributed by atoms with Crippen molar-refractivity contribution in [2.75, 3.05) is 13.6 Å². The zero-order valence-corrected chi connectivity index (χ0v) is 11.3. The average molecular weight is 282 g/mol. The number of halogens is 1. The van der Waals surface area contributed by atoms with E-state index in [-0.39, 0.29) is 5.91 Å². The number of aryl methyl sites for hydroxylation is 1. The van der Waals surface area contributed by atoms with Crippen molar-refractivity contribution >= 4 is 21.8 Å². The molecule has 1 amide bonds. The Bertz CT molecular complexity index is 412. The van der Waals surface area contributed by atoms with Crippen molar-refractivity contribution in [3.63, 3.8) is 0 Å². The van der Waals surface area contributed by atoms with Gasteiger partial charge < -0.3 is 4.90 Å². The molecule has 0 saturated heterocycles. The van der Waals surface area contributed by atoms with Crippen molar-refractivity contribution in [1.82, 2.24) is 4.90 Å². The van der Waals surface area contributed by atoms with Crippen LogP contribution >= 0.6 is 15.9 Å². The second kappa shape index (κ2) is 4.58. The summed E-state index contributed by atoms with van der Waals surface area (Å²) in [4.78, 5) is 13.9. The molecule has 1 aromatic rings. The molecule has 0 unspecified atom stereocenters. The number of benzene rings is 1. The van der Waals surface area contributed by atoms with Crippen molar-refractivity contribution in [1.29, 1.82) is 0 Å². The van der Waals surface area contributed by atoms with Gasteiger partial charge in [-0.15, -0.1) is 0 Å². The van der Waals surface area contributed by atoms with Crippen LogP contribution in [0.2, 0.25) is 0 Å². The first-order chi connectivity index (χ1) is 7.58. The first kappa shape index (κ1) is 11.6. The van der Waals surface area contributed by atoms with Gasteiger partial charge in [-0.05, 0) is 43.4 Å². The molecule has 86 valence electrons. The molecule has 0 heterocycles. The van der Waals surface area contributed by atoms with Gasteiger partial charge in [0.05, 0.1) is 0 Å². The normalized spacial score (nSPS) is 14.9. The molecule has 1 fully saturated rings. The van der Waals surface area contributed by atoms with Gasteiger partial charge in [-0.3, -0.25) is 4.79 Å². The second-order valence-electron chi connectivity index (χ2n) is 4.59. The van der Waals surface area contributed by atoms with Gasteiger partial charge in [0.2, 0.25) is 0 Å². The fourth-order valence-electron chi connectivity index (χ4n) is 1.72. The Morgan fingerprint density at radius 3 is 2.75 bits per heavy atom. The highest BCUT2D eigenvalue weighted by Gasteiger charge is 2.25. The summed E-state index contributed by atoms with van der Waals surface area (Å²) >= 11 is 3.46. The number of rotatable bonds is 3. The number of hydrogen-bond acceptors (Lipinski definition) is 1. The lowest BCUT2D eigenvalue weighted by molar-refractivity contribution is 0.0788. The van der Waals surface area contributed by atoms with Crippen LogP contribution in [-0.2, 0) is 0 Å². The molecule has 16 heavy (non-hydrogen) atoms. The monoisotopic (exact) mass is 281 g/mol. The summed E-state index contributed by atoms with van der Waals surface area (Å²) in [6, 6.07) is 5.77. The molecular formula is C13H16BrNO. The maximum Gasteiger partial charge on any atom is 0.253 e. The van der Waals surface area contributed by atoms with E-state index in [1.807, 2.05) is 37.1 Å². The van der Waals surface area contributed by atoms with E-state index in [0.717, 1.165) is 28.1 Å². The number of nitrogens with zero attached hydrogens (tertiary/aromatic N) is 1.